The van der Waals surface area contributed by atoms with Gasteiger partial charge in [0.1, 0.15) is 0 Å². The van der Waals surface area contributed by atoms with Crippen LogP contribution in [0.25, 0.3) is 16.8 Å². The highest BCUT2D eigenvalue weighted by Gasteiger charge is 2.12. The largest absolute Gasteiger partial charge is 0.292 e. The van der Waals surface area contributed by atoms with Crippen LogP contribution in [0, 0.1) is 0 Å². The normalized spacial score (nSPS) is 11.8. The number of carbonyl (C=O) groups excluding carboxylic acids is 1. The van der Waals surface area contributed by atoms with Gasteiger partial charge in [-0.25, -0.2) is 10.5 Å². The first-order valence-electron chi connectivity index (χ1n) is 7.69. The lowest BCUT2D eigenvalue weighted by atomic mass is 10.1. The van der Waals surface area contributed by atoms with E-state index in [9.17, 15) is 9.59 Å². The lowest BCUT2D eigenvalue weighted by molar-refractivity contribution is 0.0951. The van der Waals surface area contributed by atoms with Crippen molar-refractivity contribution in [2.75, 3.05) is 0 Å². The van der Waals surface area contributed by atoms with Gasteiger partial charge in [-0.3, -0.25) is 9.59 Å². The van der Waals surface area contributed by atoms with Crippen LogP contribution in [0.2, 0.25) is 0 Å². The van der Waals surface area contributed by atoms with Crippen LogP contribution in [0.15, 0.2) is 70.1 Å². The number of allylic oxidation sites excluding steroid dienone is 1. The summed E-state index contributed by atoms with van der Waals surface area (Å²) in [5.41, 5.74) is 4.15. The Balaban J connectivity index is 1.76. The van der Waals surface area contributed by atoms with Crippen molar-refractivity contribution >= 4 is 29.0 Å². The third-order valence-electron chi connectivity index (χ3n) is 3.54. The van der Waals surface area contributed by atoms with Gasteiger partial charge in [0.25, 0.3) is 11.5 Å². The third-order valence-corrected chi connectivity index (χ3v) is 3.54. The van der Waals surface area contributed by atoms with Crippen molar-refractivity contribution in [2.45, 2.75) is 6.92 Å². The van der Waals surface area contributed by atoms with Gasteiger partial charge in [0.05, 0.1) is 11.6 Å². The van der Waals surface area contributed by atoms with Crippen molar-refractivity contribution in [3.63, 3.8) is 0 Å². The number of carbonyl (C=O) groups is 1. The number of hydrazone groups is 1. The number of nitrogens with one attached hydrogen (secondary N) is 2. The van der Waals surface area contributed by atoms with Crippen LogP contribution in [0.4, 0.5) is 0 Å². The van der Waals surface area contributed by atoms with Crippen molar-refractivity contribution in [3.8, 4) is 0 Å². The van der Waals surface area contributed by atoms with E-state index in [0.717, 1.165) is 11.1 Å². The molecule has 0 atom stereocenters. The SMILES string of the molecule is CC(/C=N/NC(=O)c1n[nH]c(=O)c2ccccc12)=C\c1ccccc1. The molecule has 2 N–H and O–H groups in total. The predicted octanol–water partition coefficient (Wildman–Crippen LogP) is 2.74. The van der Waals surface area contributed by atoms with Crippen LogP contribution < -0.4 is 11.0 Å². The highest BCUT2D eigenvalue weighted by molar-refractivity contribution is 6.04. The molecule has 0 unspecified atom stereocenters. The molecule has 0 fully saturated rings. The maximum Gasteiger partial charge on any atom is 0.292 e. The van der Waals surface area contributed by atoms with Gasteiger partial charge < -0.3 is 0 Å². The zero-order chi connectivity index (χ0) is 17.6. The number of rotatable bonds is 4. The molecule has 0 aliphatic rings. The van der Waals surface area contributed by atoms with E-state index >= 15 is 0 Å². The Kier molecular flexibility index (Phi) is 4.80. The molecule has 3 rings (SSSR count). The van der Waals surface area contributed by atoms with Crippen molar-refractivity contribution in [3.05, 3.63) is 81.8 Å². The van der Waals surface area contributed by atoms with E-state index in [-0.39, 0.29) is 11.3 Å². The minimum absolute atomic E-state index is 0.122. The maximum absolute atomic E-state index is 12.3. The van der Waals surface area contributed by atoms with E-state index in [1.54, 1.807) is 30.5 Å². The molecule has 0 spiro atoms. The second kappa shape index (κ2) is 7.35. The Morgan fingerprint density at radius 2 is 1.76 bits per heavy atom. The average molecular weight is 332 g/mol. The molecular formula is C19H16N4O2. The van der Waals surface area contributed by atoms with E-state index in [2.05, 4.69) is 20.7 Å². The minimum atomic E-state index is -0.490. The summed E-state index contributed by atoms with van der Waals surface area (Å²) in [6.07, 6.45) is 3.50. The summed E-state index contributed by atoms with van der Waals surface area (Å²) in [6.45, 7) is 1.89. The van der Waals surface area contributed by atoms with E-state index in [0.29, 0.717) is 10.8 Å². The van der Waals surface area contributed by atoms with Crippen LogP contribution in [-0.4, -0.2) is 22.3 Å². The van der Waals surface area contributed by atoms with E-state index < -0.39 is 5.91 Å². The quantitative estimate of drug-likeness (QED) is 0.569. The molecule has 124 valence electrons. The van der Waals surface area contributed by atoms with Gasteiger partial charge in [0.15, 0.2) is 5.69 Å². The molecule has 0 aliphatic heterocycles. The molecule has 0 bridgehead atoms. The Hall–Kier alpha value is -3.54. The number of nitrogens with zero attached hydrogens (tertiary/aromatic N) is 2. The Morgan fingerprint density at radius 1 is 1.08 bits per heavy atom. The van der Waals surface area contributed by atoms with Crippen molar-refractivity contribution in [1.29, 1.82) is 0 Å². The third kappa shape index (κ3) is 3.87. The summed E-state index contributed by atoms with van der Waals surface area (Å²) < 4.78 is 0. The summed E-state index contributed by atoms with van der Waals surface area (Å²) in [6, 6.07) is 16.6. The summed E-state index contributed by atoms with van der Waals surface area (Å²) in [5.74, 6) is -0.490. The molecular weight excluding hydrogens is 316 g/mol. The standard InChI is InChI=1S/C19H16N4O2/c1-13(11-14-7-3-2-4-8-14)12-20-22-19(25)17-15-9-5-6-10-16(15)18(24)23-21-17/h2-12H,1H3,(H,22,25)(H,23,24)/b13-11+,20-12+. The molecule has 1 amide bonds. The molecule has 25 heavy (non-hydrogen) atoms. The van der Waals surface area contributed by atoms with E-state index in [1.165, 1.54) is 0 Å². The van der Waals surface area contributed by atoms with Crippen molar-refractivity contribution in [1.82, 2.24) is 15.6 Å². The monoisotopic (exact) mass is 332 g/mol. The highest BCUT2D eigenvalue weighted by atomic mass is 16.2. The second-order valence-corrected chi connectivity index (χ2v) is 5.45. The fourth-order valence-corrected chi connectivity index (χ4v) is 2.38. The summed E-state index contributed by atoms with van der Waals surface area (Å²) in [7, 11) is 0. The van der Waals surface area contributed by atoms with Crippen molar-refractivity contribution < 1.29 is 4.79 Å². The van der Waals surface area contributed by atoms with Gasteiger partial charge in [-0.1, -0.05) is 54.6 Å². The Bertz CT molecular complexity index is 1020. The maximum atomic E-state index is 12.3. The first kappa shape index (κ1) is 16.3. The average Bonchev–Trinajstić information content (AvgIpc) is 2.63. The Labute approximate surface area is 143 Å². The first-order chi connectivity index (χ1) is 12.1. The van der Waals surface area contributed by atoms with Gasteiger partial charge in [-0.05, 0) is 24.1 Å². The van der Waals surface area contributed by atoms with Gasteiger partial charge in [0.2, 0.25) is 0 Å². The highest BCUT2D eigenvalue weighted by Crippen LogP contribution is 2.12. The van der Waals surface area contributed by atoms with Gasteiger partial charge in [0, 0.05) is 5.39 Å². The van der Waals surface area contributed by atoms with Crippen LogP contribution in [0.1, 0.15) is 23.0 Å². The van der Waals surface area contributed by atoms with Crippen LogP contribution in [0.5, 0.6) is 0 Å². The lowest BCUT2D eigenvalue weighted by Crippen LogP contribution is -2.22. The molecule has 6 heteroatoms. The topological polar surface area (TPSA) is 87.2 Å². The smallest absolute Gasteiger partial charge is 0.267 e. The van der Waals surface area contributed by atoms with Crippen LogP contribution in [-0.2, 0) is 0 Å². The lowest BCUT2D eigenvalue weighted by Gasteiger charge is -2.03. The number of H-pyrrole nitrogens is 1. The second-order valence-electron chi connectivity index (χ2n) is 5.45. The number of amides is 1. The van der Waals surface area contributed by atoms with Gasteiger partial charge >= 0.3 is 0 Å². The number of hydrogen-bond acceptors (Lipinski definition) is 4. The predicted molar refractivity (Wildman–Crippen MR) is 98.4 cm³/mol. The summed E-state index contributed by atoms with van der Waals surface area (Å²) in [5, 5.41) is 11.0. The summed E-state index contributed by atoms with van der Waals surface area (Å²) in [4.78, 5) is 24.0. The molecule has 0 saturated carbocycles. The number of hydrogen-bond donors (Lipinski definition) is 2. The number of benzene rings is 2. The fourth-order valence-electron chi connectivity index (χ4n) is 2.38. The zero-order valence-electron chi connectivity index (χ0n) is 13.6. The first-order valence-corrected chi connectivity index (χ1v) is 7.69. The van der Waals surface area contributed by atoms with Crippen molar-refractivity contribution in [2.24, 2.45) is 5.10 Å². The molecule has 0 saturated heterocycles. The summed E-state index contributed by atoms with van der Waals surface area (Å²) >= 11 is 0. The number of aromatic amines is 1. The molecule has 0 radical (unpaired) electrons. The zero-order valence-corrected chi connectivity index (χ0v) is 13.6. The van der Waals surface area contributed by atoms with E-state index in [4.69, 9.17) is 0 Å². The van der Waals surface area contributed by atoms with Gasteiger partial charge in [-0.15, -0.1) is 0 Å². The van der Waals surface area contributed by atoms with Crippen LogP contribution in [0.3, 0.4) is 0 Å². The fraction of sp³-hybridized carbons (Fsp3) is 0.0526. The van der Waals surface area contributed by atoms with Gasteiger partial charge in [-0.2, -0.15) is 10.2 Å². The molecule has 0 aliphatic carbocycles. The molecule has 6 nitrogen and oxygen atoms in total. The number of aromatic nitrogens is 2. The number of fused-ring (bicyclic) bond motifs is 1. The molecule has 1 heterocycles. The minimum Gasteiger partial charge on any atom is -0.267 e. The molecule has 3 aromatic rings. The molecule has 2 aromatic carbocycles. The van der Waals surface area contributed by atoms with E-state index in [1.807, 2.05) is 43.3 Å². The van der Waals surface area contributed by atoms with Crippen LogP contribution >= 0.6 is 0 Å². The molecule has 1 aromatic heterocycles. The Morgan fingerprint density at radius 3 is 2.52 bits per heavy atom.